The highest BCUT2D eigenvalue weighted by atomic mass is 16.5. The molecule has 1 heteroatoms. The van der Waals surface area contributed by atoms with E-state index in [4.69, 9.17) is 4.74 Å². The van der Waals surface area contributed by atoms with Crippen LogP contribution in [0.2, 0.25) is 0 Å². The van der Waals surface area contributed by atoms with Crippen molar-refractivity contribution < 1.29 is 4.74 Å². The van der Waals surface area contributed by atoms with Crippen molar-refractivity contribution in [1.29, 1.82) is 0 Å². The molecule has 11 heavy (non-hydrogen) atoms. The zero-order chi connectivity index (χ0) is 8.10. The first-order chi connectivity index (χ1) is 5.33. The summed E-state index contributed by atoms with van der Waals surface area (Å²) in [7, 11) is 1.71. The second-order valence-electron chi connectivity index (χ2n) is 3.08. The number of hydrogen-bond donors (Lipinski definition) is 0. The third kappa shape index (κ3) is 3.99. The fourth-order valence-electron chi connectivity index (χ4n) is 1.03. The Morgan fingerprint density at radius 1 is 1.64 bits per heavy atom. The fourth-order valence-corrected chi connectivity index (χ4v) is 1.03. The van der Waals surface area contributed by atoms with Crippen molar-refractivity contribution in [3.63, 3.8) is 0 Å². The van der Waals surface area contributed by atoms with E-state index in [0.29, 0.717) is 6.61 Å². The second kappa shape index (κ2) is 4.35. The summed E-state index contributed by atoms with van der Waals surface area (Å²) < 4.78 is 4.96. The Morgan fingerprint density at radius 2 is 2.36 bits per heavy atom. The van der Waals surface area contributed by atoms with Gasteiger partial charge in [0.15, 0.2) is 0 Å². The highest BCUT2D eigenvalue weighted by Crippen LogP contribution is 2.28. The molecule has 1 fully saturated rings. The van der Waals surface area contributed by atoms with Crippen LogP contribution < -0.4 is 0 Å². The molecule has 0 aliphatic heterocycles. The number of hydrogen-bond acceptors (Lipinski definition) is 1. The minimum Gasteiger partial charge on any atom is -0.380 e. The van der Waals surface area contributed by atoms with Crippen LogP contribution in [0.5, 0.6) is 0 Å². The summed E-state index contributed by atoms with van der Waals surface area (Å²) in [5.74, 6) is 0. The first kappa shape index (κ1) is 8.54. The van der Waals surface area contributed by atoms with Crippen LogP contribution in [0.3, 0.4) is 0 Å². The van der Waals surface area contributed by atoms with E-state index in [9.17, 15) is 0 Å². The molecule has 0 radical (unpaired) electrons. The molecule has 1 aliphatic rings. The maximum Gasteiger partial charge on any atom is 0.0670 e. The van der Waals surface area contributed by atoms with Crippen molar-refractivity contribution in [3.8, 4) is 0 Å². The monoisotopic (exact) mass is 152 g/mol. The van der Waals surface area contributed by atoms with Gasteiger partial charge in [-0.15, -0.1) is 0 Å². The van der Waals surface area contributed by atoms with Crippen LogP contribution in [0.4, 0.5) is 0 Å². The predicted octanol–water partition coefficient (Wildman–Crippen LogP) is 2.69. The highest BCUT2D eigenvalue weighted by molar-refractivity contribution is 5.16. The molecular weight excluding hydrogens is 136 g/mol. The molecular formula is C10H16O. The third-order valence-corrected chi connectivity index (χ3v) is 1.82. The summed E-state index contributed by atoms with van der Waals surface area (Å²) in [4.78, 5) is 0. The van der Waals surface area contributed by atoms with Crippen LogP contribution >= 0.6 is 0 Å². The predicted molar refractivity (Wildman–Crippen MR) is 47.6 cm³/mol. The van der Waals surface area contributed by atoms with Crippen molar-refractivity contribution in [3.05, 3.63) is 23.8 Å². The number of rotatable bonds is 5. The van der Waals surface area contributed by atoms with Gasteiger partial charge in [0.05, 0.1) is 6.61 Å². The van der Waals surface area contributed by atoms with Gasteiger partial charge in [0, 0.05) is 7.11 Å². The van der Waals surface area contributed by atoms with Crippen molar-refractivity contribution in [2.24, 2.45) is 0 Å². The summed E-state index contributed by atoms with van der Waals surface area (Å²) in [6, 6.07) is 0. The molecule has 0 amide bonds. The fraction of sp³-hybridized carbons (Fsp3) is 0.600. The Labute approximate surface area is 68.8 Å². The van der Waals surface area contributed by atoms with Gasteiger partial charge in [0.2, 0.25) is 0 Å². The molecule has 1 saturated carbocycles. The first-order valence-corrected chi connectivity index (χ1v) is 4.16. The Hall–Kier alpha value is -0.560. The number of ether oxygens (including phenoxy) is 1. The van der Waals surface area contributed by atoms with E-state index in [1.165, 1.54) is 18.4 Å². The Balaban J connectivity index is 2.01. The van der Waals surface area contributed by atoms with Gasteiger partial charge in [-0.3, -0.25) is 0 Å². The van der Waals surface area contributed by atoms with Gasteiger partial charge >= 0.3 is 0 Å². The van der Waals surface area contributed by atoms with Crippen molar-refractivity contribution in [2.75, 3.05) is 13.7 Å². The van der Waals surface area contributed by atoms with E-state index in [2.05, 4.69) is 12.7 Å². The SMILES string of the molecule is C=C(CCC=C1CC1)COC. The molecule has 0 aromatic heterocycles. The van der Waals surface area contributed by atoms with E-state index in [-0.39, 0.29) is 0 Å². The standard InChI is InChI=1S/C10H16O/c1-9(8-11-2)4-3-5-10-6-7-10/h5H,1,3-4,6-8H2,2H3. The minimum atomic E-state index is 0.711. The van der Waals surface area contributed by atoms with Crippen LogP contribution in [-0.2, 0) is 4.74 Å². The zero-order valence-electron chi connectivity index (χ0n) is 7.23. The molecule has 1 aliphatic carbocycles. The van der Waals surface area contributed by atoms with Gasteiger partial charge < -0.3 is 4.74 Å². The molecule has 0 N–H and O–H groups in total. The van der Waals surface area contributed by atoms with Crippen molar-refractivity contribution in [1.82, 2.24) is 0 Å². The molecule has 0 heterocycles. The normalized spacial score (nSPS) is 14.8. The van der Waals surface area contributed by atoms with Gasteiger partial charge in [-0.2, -0.15) is 0 Å². The topological polar surface area (TPSA) is 9.23 Å². The summed E-state index contributed by atoms with van der Waals surface area (Å²) in [5, 5.41) is 0. The highest BCUT2D eigenvalue weighted by Gasteiger charge is 2.08. The summed E-state index contributed by atoms with van der Waals surface area (Å²) in [5.41, 5.74) is 2.82. The maximum absolute atomic E-state index is 4.96. The number of methoxy groups -OCH3 is 1. The average Bonchev–Trinajstić information content (AvgIpc) is 2.72. The van der Waals surface area contributed by atoms with Crippen molar-refractivity contribution in [2.45, 2.75) is 25.7 Å². The smallest absolute Gasteiger partial charge is 0.0670 e. The van der Waals surface area contributed by atoms with Crippen LogP contribution in [-0.4, -0.2) is 13.7 Å². The lowest BCUT2D eigenvalue weighted by molar-refractivity contribution is 0.223. The molecule has 0 unspecified atom stereocenters. The van der Waals surface area contributed by atoms with E-state index in [1.807, 2.05) is 0 Å². The molecule has 0 aromatic carbocycles. The van der Waals surface area contributed by atoms with Crippen LogP contribution in [0.1, 0.15) is 25.7 Å². The van der Waals surface area contributed by atoms with Crippen LogP contribution in [0, 0.1) is 0 Å². The first-order valence-electron chi connectivity index (χ1n) is 4.16. The molecule has 0 aromatic rings. The van der Waals surface area contributed by atoms with E-state index in [0.717, 1.165) is 12.8 Å². The van der Waals surface area contributed by atoms with Crippen LogP contribution in [0.15, 0.2) is 23.8 Å². The molecule has 0 bridgehead atoms. The Kier molecular flexibility index (Phi) is 3.37. The summed E-state index contributed by atoms with van der Waals surface area (Å²) in [6.45, 7) is 4.62. The van der Waals surface area contributed by atoms with Gasteiger partial charge in [-0.25, -0.2) is 0 Å². The summed E-state index contributed by atoms with van der Waals surface area (Å²) >= 11 is 0. The van der Waals surface area contributed by atoms with Crippen molar-refractivity contribution >= 4 is 0 Å². The van der Waals surface area contributed by atoms with Gasteiger partial charge in [-0.1, -0.05) is 23.8 Å². The van der Waals surface area contributed by atoms with E-state index in [1.54, 1.807) is 12.7 Å². The summed E-state index contributed by atoms with van der Waals surface area (Å²) in [6.07, 6.45) is 7.23. The molecule has 62 valence electrons. The lowest BCUT2D eigenvalue weighted by Gasteiger charge is -2.00. The molecule has 0 saturated heterocycles. The average molecular weight is 152 g/mol. The zero-order valence-corrected chi connectivity index (χ0v) is 7.23. The molecule has 0 spiro atoms. The largest absolute Gasteiger partial charge is 0.380 e. The number of allylic oxidation sites excluding steroid dienone is 2. The molecule has 1 nitrogen and oxygen atoms in total. The Morgan fingerprint density at radius 3 is 2.91 bits per heavy atom. The maximum atomic E-state index is 4.96. The van der Waals surface area contributed by atoms with Gasteiger partial charge in [-0.05, 0) is 25.7 Å². The second-order valence-corrected chi connectivity index (χ2v) is 3.08. The quantitative estimate of drug-likeness (QED) is 0.550. The Bertz CT molecular complexity index is 162. The van der Waals surface area contributed by atoms with Crippen LogP contribution in [0.25, 0.3) is 0 Å². The lowest BCUT2D eigenvalue weighted by atomic mass is 10.1. The molecule has 0 atom stereocenters. The minimum absolute atomic E-state index is 0.711. The van der Waals surface area contributed by atoms with Gasteiger partial charge in [0.25, 0.3) is 0 Å². The van der Waals surface area contributed by atoms with E-state index >= 15 is 0 Å². The third-order valence-electron chi connectivity index (χ3n) is 1.82. The molecule has 1 rings (SSSR count). The lowest BCUT2D eigenvalue weighted by Crippen LogP contribution is -1.91. The van der Waals surface area contributed by atoms with Gasteiger partial charge in [0.1, 0.15) is 0 Å². The van der Waals surface area contributed by atoms with E-state index < -0.39 is 0 Å².